The fraction of sp³-hybridized carbons (Fsp3) is 0.368. The van der Waals surface area contributed by atoms with E-state index in [1.807, 2.05) is 6.07 Å². The highest BCUT2D eigenvalue weighted by Crippen LogP contribution is 2.19. The second-order valence-electron chi connectivity index (χ2n) is 6.12. The summed E-state index contributed by atoms with van der Waals surface area (Å²) in [5.74, 6) is 0.558. The number of para-hydroxylation sites is 1. The summed E-state index contributed by atoms with van der Waals surface area (Å²) >= 11 is 0. The molecule has 0 amide bonds. The van der Waals surface area contributed by atoms with E-state index in [9.17, 15) is 10.1 Å². The number of rotatable bonds is 7. The number of non-ortho nitro benzene ring substituents is 1. The maximum atomic E-state index is 10.8. The van der Waals surface area contributed by atoms with Gasteiger partial charge in [0.2, 0.25) is 0 Å². The summed E-state index contributed by atoms with van der Waals surface area (Å²) in [5, 5.41) is 10.8. The Bertz CT molecular complexity index is 685. The molecule has 3 rings (SSSR count). The van der Waals surface area contributed by atoms with E-state index in [0.717, 1.165) is 39.1 Å². The van der Waals surface area contributed by atoms with Crippen LogP contribution in [-0.4, -0.2) is 49.2 Å². The van der Waals surface area contributed by atoms with E-state index < -0.39 is 4.92 Å². The normalized spacial score (nSPS) is 15.1. The molecule has 0 bridgehead atoms. The predicted molar refractivity (Wildman–Crippen MR) is 98.3 cm³/mol. The average molecular weight is 341 g/mol. The van der Waals surface area contributed by atoms with Gasteiger partial charge in [0.15, 0.2) is 0 Å². The number of benzene rings is 2. The Balaban J connectivity index is 1.36. The van der Waals surface area contributed by atoms with Crippen molar-refractivity contribution in [2.75, 3.05) is 44.2 Å². The van der Waals surface area contributed by atoms with Gasteiger partial charge < -0.3 is 9.64 Å². The van der Waals surface area contributed by atoms with Crippen LogP contribution in [0.25, 0.3) is 0 Å². The number of anilines is 1. The fourth-order valence-corrected chi connectivity index (χ4v) is 3.03. The summed E-state index contributed by atoms with van der Waals surface area (Å²) in [6.07, 6.45) is 0.911. The SMILES string of the molecule is O=[N+]([O-])c1cccc(OCCCN2CCN(c3ccccc3)CC2)c1. The van der Waals surface area contributed by atoms with Crippen molar-refractivity contribution in [1.29, 1.82) is 0 Å². The van der Waals surface area contributed by atoms with Gasteiger partial charge in [0.05, 0.1) is 17.6 Å². The zero-order chi connectivity index (χ0) is 17.5. The molecule has 6 heteroatoms. The van der Waals surface area contributed by atoms with Crippen molar-refractivity contribution in [3.63, 3.8) is 0 Å². The second kappa shape index (κ2) is 8.48. The number of hydrogen-bond donors (Lipinski definition) is 0. The Morgan fingerprint density at radius 2 is 1.76 bits per heavy atom. The maximum absolute atomic E-state index is 10.8. The molecule has 0 atom stereocenters. The molecule has 0 radical (unpaired) electrons. The van der Waals surface area contributed by atoms with Crippen LogP contribution in [0, 0.1) is 10.1 Å². The van der Waals surface area contributed by atoms with Gasteiger partial charge in [0, 0.05) is 44.5 Å². The minimum atomic E-state index is -0.404. The van der Waals surface area contributed by atoms with E-state index in [0.29, 0.717) is 12.4 Å². The summed E-state index contributed by atoms with van der Waals surface area (Å²) in [4.78, 5) is 15.2. The van der Waals surface area contributed by atoms with E-state index >= 15 is 0 Å². The monoisotopic (exact) mass is 341 g/mol. The van der Waals surface area contributed by atoms with Crippen molar-refractivity contribution >= 4 is 11.4 Å². The highest BCUT2D eigenvalue weighted by atomic mass is 16.6. The van der Waals surface area contributed by atoms with E-state index in [1.54, 1.807) is 12.1 Å². The van der Waals surface area contributed by atoms with Gasteiger partial charge in [-0.2, -0.15) is 0 Å². The van der Waals surface area contributed by atoms with Crippen LogP contribution in [0.15, 0.2) is 54.6 Å². The van der Waals surface area contributed by atoms with Crippen LogP contribution in [0.4, 0.5) is 11.4 Å². The standard InChI is InChI=1S/C19H23N3O3/c23-22(24)18-8-4-9-19(16-18)25-15-5-10-20-11-13-21(14-12-20)17-6-2-1-3-7-17/h1-4,6-9,16H,5,10-15H2. The molecule has 132 valence electrons. The van der Waals surface area contributed by atoms with Crippen molar-refractivity contribution in [3.8, 4) is 5.75 Å². The van der Waals surface area contributed by atoms with Gasteiger partial charge in [-0.15, -0.1) is 0 Å². The Hall–Kier alpha value is -2.60. The molecule has 1 saturated heterocycles. The highest BCUT2D eigenvalue weighted by molar-refractivity contribution is 5.46. The molecule has 0 aliphatic carbocycles. The van der Waals surface area contributed by atoms with Crippen LogP contribution in [0.2, 0.25) is 0 Å². The minimum Gasteiger partial charge on any atom is -0.493 e. The van der Waals surface area contributed by atoms with Gasteiger partial charge in [-0.25, -0.2) is 0 Å². The van der Waals surface area contributed by atoms with Gasteiger partial charge in [0.1, 0.15) is 5.75 Å². The quantitative estimate of drug-likeness (QED) is 0.440. The average Bonchev–Trinajstić information content (AvgIpc) is 2.67. The number of nitro benzene ring substituents is 1. The van der Waals surface area contributed by atoms with Crippen molar-refractivity contribution in [3.05, 3.63) is 64.7 Å². The van der Waals surface area contributed by atoms with E-state index in [2.05, 4.69) is 34.1 Å². The zero-order valence-electron chi connectivity index (χ0n) is 14.2. The summed E-state index contributed by atoms with van der Waals surface area (Å²) in [7, 11) is 0. The van der Waals surface area contributed by atoms with Crippen molar-refractivity contribution in [1.82, 2.24) is 4.90 Å². The molecular formula is C19H23N3O3. The molecule has 2 aromatic rings. The third-order valence-corrected chi connectivity index (χ3v) is 4.41. The largest absolute Gasteiger partial charge is 0.493 e. The Morgan fingerprint density at radius 3 is 2.48 bits per heavy atom. The lowest BCUT2D eigenvalue weighted by atomic mass is 10.2. The second-order valence-corrected chi connectivity index (χ2v) is 6.12. The number of nitro groups is 1. The first-order valence-electron chi connectivity index (χ1n) is 8.62. The van der Waals surface area contributed by atoms with Crippen LogP contribution in [-0.2, 0) is 0 Å². The predicted octanol–water partition coefficient (Wildman–Crippen LogP) is 3.19. The van der Waals surface area contributed by atoms with Crippen LogP contribution in [0.3, 0.4) is 0 Å². The number of nitrogens with zero attached hydrogens (tertiary/aromatic N) is 3. The Morgan fingerprint density at radius 1 is 1.00 bits per heavy atom. The molecule has 2 aromatic carbocycles. The first-order chi connectivity index (χ1) is 12.2. The fourth-order valence-electron chi connectivity index (χ4n) is 3.03. The summed E-state index contributed by atoms with van der Waals surface area (Å²) in [6.45, 7) is 5.72. The lowest BCUT2D eigenvalue weighted by Crippen LogP contribution is -2.46. The van der Waals surface area contributed by atoms with Crippen LogP contribution in [0.1, 0.15) is 6.42 Å². The van der Waals surface area contributed by atoms with Gasteiger partial charge in [0.25, 0.3) is 5.69 Å². The van der Waals surface area contributed by atoms with Crippen molar-refractivity contribution < 1.29 is 9.66 Å². The lowest BCUT2D eigenvalue weighted by Gasteiger charge is -2.36. The topological polar surface area (TPSA) is 58.9 Å². The molecule has 1 fully saturated rings. The van der Waals surface area contributed by atoms with Crippen LogP contribution in [0.5, 0.6) is 5.75 Å². The molecular weight excluding hydrogens is 318 g/mol. The number of piperazine rings is 1. The first kappa shape index (κ1) is 17.2. The van der Waals surface area contributed by atoms with Crippen LogP contribution < -0.4 is 9.64 Å². The molecule has 1 aliphatic heterocycles. The highest BCUT2D eigenvalue weighted by Gasteiger charge is 2.16. The molecule has 6 nitrogen and oxygen atoms in total. The van der Waals surface area contributed by atoms with Gasteiger partial charge in [-0.05, 0) is 24.6 Å². The molecule has 0 saturated carbocycles. The molecule has 1 aliphatic rings. The maximum Gasteiger partial charge on any atom is 0.273 e. The van der Waals surface area contributed by atoms with Crippen molar-refractivity contribution in [2.45, 2.75) is 6.42 Å². The smallest absolute Gasteiger partial charge is 0.273 e. The molecule has 0 unspecified atom stereocenters. The third kappa shape index (κ3) is 4.93. The first-order valence-corrected chi connectivity index (χ1v) is 8.62. The summed E-state index contributed by atoms with van der Waals surface area (Å²) in [5.41, 5.74) is 1.35. The van der Waals surface area contributed by atoms with Gasteiger partial charge >= 0.3 is 0 Å². The zero-order valence-corrected chi connectivity index (χ0v) is 14.2. The van der Waals surface area contributed by atoms with E-state index in [1.165, 1.54) is 17.8 Å². The Labute approximate surface area is 147 Å². The summed E-state index contributed by atoms with van der Waals surface area (Å²) < 4.78 is 5.64. The third-order valence-electron chi connectivity index (χ3n) is 4.41. The van der Waals surface area contributed by atoms with Gasteiger partial charge in [-0.3, -0.25) is 15.0 Å². The van der Waals surface area contributed by atoms with E-state index in [-0.39, 0.29) is 5.69 Å². The Kier molecular flexibility index (Phi) is 5.85. The number of hydrogen-bond acceptors (Lipinski definition) is 5. The lowest BCUT2D eigenvalue weighted by molar-refractivity contribution is -0.384. The molecule has 0 spiro atoms. The molecule has 25 heavy (non-hydrogen) atoms. The minimum absolute atomic E-state index is 0.0644. The van der Waals surface area contributed by atoms with Gasteiger partial charge in [-0.1, -0.05) is 24.3 Å². The molecule has 1 heterocycles. The molecule has 0 aromatic heterocycles. The van der Waals surface area contributed by atoms with Crippen LogP contribution >= 0.6 is 0 Å². The number of ether oxygens (including phenoxy) is 1. The summed E-state index contributed by atoms with van der Waals surface area (Å²) in [6, 6.07) is 16.9. The van der Waals surface area contributed by atoms with Crippen molar-refractivity contribution in [2.24, 2.45) is 0 Å². The molecule has 0 N–H and O–H groups in total. The van der Waals surface area contributed by atoms with E-state index in [4.69, 9.17) is 4.74 Å².